The molecule has 10 heteroatoms. The molecule has 0 amide bonds. The first-order chi connectivity index (χ1) is 15.0. The second-order valence-electron chi connectivity index (χ2n) is 7.18. The number of aromatic nitrogens is 1. The number of benzene rings is 2. The minimum atomic E-state index is -4.04. The minimum Gasteiger partial charge on any atom is -0.454 e. The maximum atomic E-state index is 13.1. The molecule has 3 rings (SSSR count). The van der Waals surface area contributed by atoms with Crippen LogP contribution in [0.1, 0.15) is 37.7 Å². The van der Waals surface area contributed by atoms with E-state index in [2.05, 4.69) is 0 Å². The number of hydrogen-bond acceptors (Lipinski definition) is 5. The average molecular weight is 479 g/mol. The maximum Gasteiger partial charge on any atom is 0.340 e. The Bertz CT molecular complexity index is 1300. The van der Waals surface area contributed by atoms with E-state index in [-0.39, 0.29) is 21.3 Å². The molecule has 32 heavy (non-hydrogen) atoms. The van der Waals surface area contributed by atoms with Gasteiger partial charge in [-0.2, -0.15) is 0 Å². The highest BCUT2D eigenvalue weighted by Crippen LogP contribution is 2.22. The number of carbonyl (C=O) groups excluding carboxylic acids is 2. The quantitative estimate of drug-likeness (QED) is 0.412. The molecule has 2 N–H and O–H groups in total. The molecule has 0 bridgehead atoms. The smallest absolute Gasteiger partial charge is 0.340 e. The topological polar surface area (TPSA) is 108 Å². The van der Waals surface area contributed by atoms with Crippen molar-refractivity contribution in [2.75, 3.05) is 6.61 Å². The van der Waals surface area contributed by atoms with Gasteiger partial charge in [-0.05, 0) is 55.8 Å². The van der Waals surface area contributed by atoms with E-state index in [0.717, 1.165) is 23.4 Å². The van der Waals surface area contributed by atoms with E-state index in [0.29, 0.717) is 17.8 Å². The second-order valence-corrected chi connectivity index (χ2v) is 9.15. The maximum absolute atomic E-state index is 13.1. The highest BCUT2D eigenvalue weighted by Gasteiger charge is 2.21. The predicted octanol–water partition coefficient (Wildman–Crippen LogP) is 3.63. The summed E-state index contributed by atoms with van der Waals surface area (Å²) in [5.41, 5.74) is 2.50. The lowest BCUT2D eigenvalue weighted by Crippen LogP contribution is -2.17. The Morgan fingerprint density at radius 1 is 1.06 bits per heavy atom. The van der Waals surface area contributed by atoms with Crippen LogP contribution in [0.25, 0.3) is 0 Å². The summed E-state index contributed by atoms with van der Waals surface area (Å²) in [6.07, 6.45) is 0. The third kappa shape index (κ3) is 5.24. The Morgan fingerprint density at radius 3 is 2.34 bits per heavy atom. The van der Waals surface area contributed by atoms with Crippen LogP contribution in [0.5, 0.6) is 0 Å². The lowest BCUT2D eigenvalue weighted by atomic mass is 10.1. The van der Waals surface area contributed by atoms with Gasteiger partial charge in [-0.1, -0.05) is 23.7 Å². The lowest BCUT2D eigenvalue weighted by molar-refractivity contribution is 0.0474. The summed E-state index contributed by atoms with van der Waals surface area (Å²) < 4.78 is 43.1. The van der Waals surface area contributed by atoms with Gasteiger partial charge >= 0.3 is 5.97 Å². The van der Waals surface area contributed by atoms with E-state index in [1.807, 2.05) is 11.5 Å². The van der Waals surface area contributed by atoms with Gasteiger partial charge in [0.1, 0.15) is 5.82 Å². The first kappa shape index (κ1) is 23.6. The monoisotopic (exact) mass is 478 g/mol. The summed E-state index contributed by atoms with van der Waals surface area (Å²) in [5.74, 6) is -1.72. The van der Waals surface area contributed by atoms with Gasteiger partial charge in [0.2, 0.25) is 15.8 Å². The highest BCUT2D eigenvalue weighted by molar-refractivity contribution is 7.89. The van der Waals surface area contributed by atoms with Crippen LogP contribution < -0.4 is 5.14 Å². The first-order valence-electron chi connectivity index (χ1n) is 9.41. The van der Waals surface area contributed by atoms with Crippen LogP contribution in [-0.2, 0) is 21.3 Å². The number of hydrogen-bond donors (Lipinski definition) is 1. The summed E-state index contributed by atoms with van der Waals surface area (Å²) in [5, 5.41) is 5.04. The van der Waals surface area contributed by atoms with Crippen molar-refractivity contribution in [3.05, 3.63) is 87.4 Å². The van der Waals surface area contributed by atoms with Gasteiger partial charge in [-0.25, -0.2) is 22.7 Å². The van der Waals surface area contributed by atoms with Crippen molar-refractivity contribution in [3.8, 4) is 0 Å². The third-order valence-electron chi connectivity index (χ3n) is 4.95. The summed E-state index contributed by atoms with van der Waals surface area (Å²) in [6.45, 7) is 3.48. The number of halogens is 2. The first-order valence-corrected chi connectivity index (χ1v) is 11.3. The van der Waals surface area contributed by atoms with Gasteiger partial charge in [0.25, 0.3) is 0 Å². The number of rotatable bonds is 7. The van der Waals surface area contributed by atoms with Crippen molar-refractivity contribution in [2.45, 2.75) is 25.3 Å². The Balaban J connectivity index is 1.74. The Morgan fingerprint density at radius 2 is 1.72 bits per heavy atom. The standard InChI is InChI=1S/C22H20ClFN2O5S/c1-13-9-18(14(2)26(13)11-15-3-5-16(24)6-4-15)21(27)12-31-22(28)19-10-17(32(25,29)30)7-8-20(19)23/h3-10H,11-12H2,1-2H3,(H2,25,29,30). The van der Waals surface area contributed by atoms with E-state index >= 15 is 0 Å². The van der Waals surface area contributed by atoms with Gasteiger partial charge < -0.3 is 9.30 Å². The molecule has 0 fully saturated rings. The molecule has 0 radical (unpaired) electrons. The molecule has 0 aliphatic heterocycles. The van der Waals surface area contributed by atoms with Crippen molar-refractivity contribution in [1.29, 1.82) is 0 Å². The summed E-state index contributed by atoms with van der Waals surface area (Å²) in [4.78, 5) is 24.8. The van der Waals surface area contributed by atoms with E-state index in [9.17, 15) is 22.4 Å². The van der Waals surface area contributed by atoms with Crippen molar-refractivity contribution >= 4 is 33.4 Å². The zero-order valence-electron chi connectivity index (χ0n) is 17.3. The number of ketones is 1. The number of esters is 1. The zero-order chi connectivity index (χ0) is 23.6. The van der Waals surface area contributed by atoms with Crippen LogP contribution in [0.3, 0.4) is 0 Å². The second kappa shape index (κ2) is 9.23. The largest absolute Gasteiger partial charge is 0.454 e. The molecule has 0 aliphatic carbocycles. The lowest BCUT2D eigenvalue weighted by Gasteiger charge is -2.10. The SMILES string of the molecule is Cc1cc(C(=O)COC(=O)c2cc(S(N)(=O)=O)ccc2Cl)c(C)n1Cc1ccc(F)cc1. The number of Topliss-reactive ketones (excluding diaryl/α,β-unsaturated/α-hetero) is 1. The van der Waals surface area contributed by atoms with Gasteiger partial charge in [0.15, 0.2) is 6.61 Å². The zero-order valence-corrected chi connectivity index (χ0v) is 18.8. The van der Waals surface area contributed by atoms with Gasteiger partial charge in [0.05, 0.1) is 15.5 Å². The van der Waals surface area contributed by atoms with Crippen LogP contribution in [0.2, 0.25) is 5.02 Å². The van der Waals surface area contributed by atoms with Crippen molar-refractivity contribution < 1.29 is 27.1 Å². The minimum absolute atomic E-state index is 0.0349. The fraction of sp³-hybridized carbons (Fsp3) is 0.182. The molecule has 0 unspecified atom stereocenters. The summed E-state index contributed by atoms with van der Waals surface area (Å²) in [6, 6.07) is 11.1. The normalized spacial score (nSPS) is 11.4. The molecule has 3 aromatic rings. The molecule has 0 atom stereocenters. The number of sulfonamides is 1. The Labute approximate surface area is 189 Å². The van der Waals surface area contributed by atoms with Crippen LogP contribution in [-0.4, -0.2) is 31.3 Å². The predicted molar refractivity (Wildman–Crippen MR) is 117 cm³/mol. The van der Waals surface area contributed by atoms with E-state index < -0.39 is 28.4 Å². The molecule has 7 nitrogen and oxygen atoms in total. The molecule has 0 saturated heterocycles. The van der Waals surface area contributed by atoms with Gasteiger partial charge in [-0.15, -0.1) is 0 Å². The summed E-state index contributed by atoms with van der Waals surface area (Å²) >= 11 is 5.96. The van der Waals surface area contributed by atoms with E-state index in [4.69, 9.17) is 21.5 Å². The number of aryl methyl sites for hydroxylation is 1. The summed E-state index contributed by atoms with van der Waals surface area (Å²) in [7, 11) is -4.04. The number of ether oxygens (including phenoxy) is 1. The number of carbonyl (C=O) groups is 2. The Hall–Kier alpha value is -3.01. The molecule has 168 valence electrons. The fourth-order valence-corrected chi connectivity index (χ4v) is 3.96. The Kier molecular flexibility index (Phi) is 6.82. The number of primary sulfonamides is 1. The van der Waals surface area contributed by atoms with Crippen molar-refractivity contribution in [1.82, 2.24) is 4.57 Å². The van der Waals surface area contributed by atoms with Crippen LogP contribution in [0.15, 0.2) is 53.4 Å². The van der Waals surface area contributed by atoms with Crippen molar-refractivity contribution in [2.24, 2.45) is 5.14 Å². The molecule has 0 aliphatic rings. The number of nitrogens with two attached hydrogens (primary N) is 1. The average Bonchev–Trinajstić information content (AvgIpc) is 3.01. The molecule has 1 aromatic heterocycles. The molecule has 0 spiro atoms. The third-order valence-corrected chi connectivity index (χ3v) is 6.19. The molecular weight excluding hydrogens is 459 g/mol. The van der Waals surface area contributed by atoms with E-state index in [1.165, 1.54) is 18.2 Å². The highest BCUT2D eigenvalue weighted by atomic mass is 35.5. The molecular formula is C22H20ClFN2O5S. The van der Waals surface area contributed by atoms with Crippen LogP contribution in [0.4, 0.5) is 4.39 Å². The molecule has 1 heterocycles. The molecule has 2 aromatic carbocycles. The van der Waals surface area contributed by atoms with Crippen LogP contribution >= 0.6 is 11.6 Å². The molecule has 0 saturated carbocycles. The van der Waals surface area contributed by atoms with Crippen molar-refractivity contribution in [3.63, 3.8) is 0 Å². The van der Waals surface area contributed by atoms with Gasteiger partial charge in [-0.3, -0.25) is 4.79 Å². The van der Waals surface area contributed by atoms with E-state index in [1.54, 1.807) is 25.1 Å². The number of nitrogens with zero attached hydrogens (tertiary/aromatic N) is 1. The van der Waals surface area contributed by atoms with Crippen LogP contribution in [0, 0.1) is 19.7 Å². The fourth-order valence-electron chi connectivity index (χ4n) is 3.22. The van der Waals surface area contributed by atoms with Gasteiger partial charge in [0, 0.05) is 23.5 Å².